The van der Waals surface area contributed by atoms with Crippen LogP contribution in [0.2, 0.25) is 0 Å². The van der Waals surface area contributed by atoms with Gasteiger partial charge < -0.3 is 66.8 Å². The molecule has 1 saturated heterocycles. The molecule has 28 nitrogen and oxygen atoms in total. The number of carbonyl (C=O) groups excluding carboxylic acids is 12. The van der Waals surface area contributed by atoms with Gasteiger partial charge in [-0.15, -0.1) is 11.3 Å². The van der Waals surface area contributed by atoms with E-state index in [9.17, 15) is 62.6 Å². The van der Waals surface area contributed by atoms with Gasteiger partial charge in [0.1, 0.15) is 41.8 Å². The Hall–Kier alpha value is -8.67. The Morgan fingerprint density at radius 1 is 0.763 bits per heavy atom. The number of likely N-dealkylation sites (tertiary alicyclic amines) is 1. The number of thiazole rings is 1. The van der Waals surface area contributed by atoms with E-state index in [1.54, 1.807) is 38.9 Å². The van der Waals surface area contributed by atoms with Crippen molar-refractivity contribution in [2.24, 2.45) is 29.4 Å². The smallest absolute Gasteiger partial charge is 0.410 e. The first-order valence-electron chi connectivity index (χ1n) is 32.8. The number of nitrogens with one attached hydrogen (secondary N) is 6. The van der Waals surface area contributed by atoms with Crippen molar-refractivity contribution in [1.29, 1.82) is 0 Å². The molecule has 0 spiro atoms. The number of aromatic nitrogens is 1. The molecule has 2 aliphatic rings. The molecule has 0 radical (unpaired) electrons. The summed E-state index contributed by atoms with van der Waals surface area (Å²) in [5.41, 5.74) is 7.09. The molecule has 2 aliphatic heterocycles. The molecular weight excluding hydrogens is 1270 g/mol. The maximum atomic E-state index is 14.7. The Kier molecular flexibility index (Phi) is 31.2. The molecule has 12 amide bonds. The maximum absolute atomic E-state index is 14.7. The molecule has 5 rings (SSSR count). The first-order valence-corrected chi connectivity index (χ1v) is 33.7. The third-order valence-electron chi connectivity index (χ3n) is 17.5. The van der Waals surface area contributed by atoms with Crippen LogP contribution in [0.3, 0.4) is 0 Å². The lowest BCUT2D eigenvalue weighted by molar-refractivity contribution is -0.148. The largest absolute Gasteiger partial charge is 0.445 e. The second-order valence-electron chi connectivity index (χ2n) is 25.4. The molecule has 12 atom stereocenters. The van der Waals surface area contributed by atoms with Gasteiger partial charge in [-0.1, -0.05) is 97.4 Å². The highest BCUT2D eigenvalue weighted by atomic mass is 32.1. The van der Waals surface area contributed by atoms with Gasteiger partial charge in [0.2, 0.25) is 53.2 Å². The molecule has 1 fully saturated rings. The number of hydrogen-bond acceptors (Lipinski definition) is 18. The molecule has 9 N–H and O–H groups in total. The minimum Gasteiger partial charge on any atom is -0.445 e. The highest BCUT2D eigenvalue weighted by Gasteiger charge is 2.44. The van der Waals surface area contributed by atoms with Crippen LogP contribution in [0.4, 0.5) is 10.5 Å². The number of benzene rings is 2. The number of likely N-dealkylation sites (N-methyl/N-ethyl adjacent to an activating group) is 2. The average molecular weight is 1370 g/mol. The summed E-state index contributed by atoms with van der Waals surface area (Å²) in [7, 11) is 5.85. The van der Waals surface area contributed by atoms with Crippen molar-refractivity contribution in [1.82, 2.24) is 51.2 Å². The van der Waals surface area contributed by atoms with Gasteiger partial charge in [0.15, 0.2) is 0 Å². The minimum atomic E-state index is -1.51. The van der Waals surface area contributed by atoms with E-state index in [0.29, 0.717) is 37.8 Å². The van der Waals surface area contributed by atoms with E-state index in [4.69, 9.17) is 19.9 Å². The zero-order valence-corrected chi connectivity index (χ0v) is 58.4. The summed E-state index contributed by atoms with van der Waals surface area (Å²) < 4.78 is 17.6. The second kappa shape index (κ2) is 38.3. The number of primary amides is 1. The quantitative estimate of drug-likeness (QED) is 0.0382. The van der Waals surface area contributed by atoms with Crippen LogP contribution in [0.5, 0.6) is 0 Å². The first kappa shape index (κ1) is 79.0. The van der Waals surface area contributed by atoms with Gasteiger partial charge in [-0.3, -0.25) is 62.5 Å². The number of carbonyl (C=O) groups is 12. The Balaban J connectivity index is 1.16. The maximum Gasteiger partial charge on any atom is 0.410 e. The fourth-order valence-corrected chi connectivity index (χ4v) is 12.5. The van der Waals surface area contributed by atoms with Gasteiger partial charge in [-0.05, 0) is 80.0 Å². The second-order valence-corrected chi connectivity index (χ2v) is 26.4. The fraction of sp³-hybridized carbons (Fsp3) is 0.574. The number of nitrogens with two attached hydrogens (primary N) is 1. The number of imide groups is 1. The zero-order valence-electron chi connectivity index (χ0n) is 57.6. The van der Waals surface area contributed by atoms with Crippen molar-refractivity contribution >= 4 is 88.1 Å². The summed E-state index contributed by atoms with van der Waals surface area (Å²) in [6.45, 7) is 13.2. The summed E-state index contributed by atoms with van der Waals surface area (Å²) in [5, 5.41) is 29.5. The van der Waals surface area contributed by atoms with E-state index in [0.717, 1.165) is 32.5 Å². The van der Waals surface area contributed by atoms with Crippen LogP contribution in [-0.4, -0.2) is 203 Å². The molecule has 0 saturated carbocycles. The van der Waals surface area contributed by atoms with Crippen molar-refractivity contribution in [2.75, 3.05) is 53.3 Å². The van der Waals surface area contributed by atoms with E-state index in [1.165, 1.54) is 68.7 Å². The average Bonchev–Trinajstić information content (AvgIpc) is 1.72. The molecule has 0 unspecified atom stereocenters. The number of aliphatic hydroxyl groups is 1. The van der Waals surface area contributed by atoms with Crippen LogP contribution in [-0.2, 0) is 80.0 Å². The normalized spacial score (nSPS) is 17.1. The highest BCUT2D eigenvalue weighted by Crippen LogP contribution is 2.31. The molecule has 97 heavy (non-hydrogen) atoms. The van der Waals surface area contributed by atoms with Gasteiger partial charge in [0, 0.05) is 83.7 Å². The van der Waals surface area contributed by atoms with Crippen molar-refractivity contribution in [3.05, 3.63) is 94.5 Å². The van der Waals surface area contributed by atoms with Gasteiger partial charge in [-0.25, -0.2) is 9.78 Å². The van der Waals surface area contributed by atoms with E-state index < -0.39 is 132 Å². The van der Waals surface area contributed by atoms with Crippen LogP contribution in [0, 0.1) is 23.7 Å². The van der Waals surface area contributed by atoms with E-state index in [-0.39, 0.29) is 80.6 Å². The Labute approximate surface area is 571 Å². The van der Waals surface area contributed by atoms with Crippen LogP contribution in [0.1, 0.15) is 129 Å². The molecule has 532 valence electrons. The van der Waals surface area contributed by atoms with E-state index in [2.05, 4.69) is 36.9 Å². The molecule has 2 aromatic carbocycles. The number of aliphatic hydroxyl groups excluding tert-OH is 1. The van der Waals surface area contributed by atoms with Crippen LogP contribution in [0.15, 0.2) is 78.3 Å². The van der Waals surface area contributed by atoms with Crippen LogP contribution >= 0.6 is 11.3 Å². The number of amides is 12. The standard InChI is InChI=1S/C68H98N12O16S/c1-13-41(6)59(52(94-11)36-57(86)79-31-17-20-50(79)60(95-12)42(7)61(87)75-49(66-70-30-33-97-66)35-44-18-15-14-16-19-44)78(10)67(92)58(40(4)5)76-65(91)51(37-81)77(9)68(93)96-38-45-21-23-46(24-22-45)72-63(89)47(25-26-53(69)82)74-62(88)43(8)71-64(90)48(34-39(2)3)73-54(83)29-32-80-55(84)27-28-56(80)85/h14-16,18-19,21-24,27-28,30,33,39-43,47-52,58-60,81H,13,17,20,25-26,29,31-32,34-38H2,1-12H3,(H2,69,82)(H,71,90)(H,72,89)(H,73,83)(H,74,88)(H,75,87)(H,76,91)/t41-,42+,43-,47-,48+,49-,50-,51-,52+,58-,59-,60+/m0/s1. The number of nitrogens with zero attached hydrogens (tertiary/aromatic N) is 5. The van der Waals surface area contributed by atoms with Crippen molar-refractivity contribution in [2.45, 2.75) is 180 Å². The number of rotatable bonds is 38. The molecular formula is C68H98N12O16S. The monoisotopic (exact) mass is 1370 g/mol. The van der Waals surface area contributed by atoms with Crippen molar-refractivity contribution in [3.63, 3.8) is 0 Å². The molecule has 29 heteroatoms. The number of methoxy groups -OCH3 is 2. The molecule has 3 aromatic rings. The Morgan fingerprint density at radius 2 is 1.43 bits per heavy atom. The van der Waals surface area contributed by atoms with Crippen LogP contribution in [0.25, 0.3) is 0 Å². The summed E-state index contributed by atoms with van der Waals surface area (Å²) in [5.74, 6) is -8.06. The Bertz CT molecular complexity index is 3190. The lowest BCUT2D eigenvalue weighted by atomic mass is 9.89. The summed E-state index contributed by atoms with van der Waals surface area (Å²) in [6.07, 6.45) is 3.07. The number of ether oxygens (including phenoxy) is 3. The summed E-state index contributed by atoms with van der Waals surface area (Å²) in [4.78, 5) is 170. The van der Waals surface area contributed by atoms with E-state index in [1.807, 2.05) is 63.4 Å². The topological polar surface area (TPSA) is 377 Å². The number of anilines is 1. The van der Waals surface area contributed by atoms with Gasteiger partial charge >= 0.3 is 6.09 Å². The fourth-order valence-electron chi connectivity index (χ4n) is 11.8. The molecule has 0 bridgehead atoms. The Morgan fingerprint density at radius 3 is 2.01 bits per heavy atom. The molecule has 0 aliphatic carbocycles. The highest BCUT2D eigenvalue weighted by molar-refractivity contribution is 7.09. The minimum absolute atomic E-state index is 0.0877. The van der Waals surface area contributed by atoms with E-state index >= 15 is 0 Å². The van der Waals surface area contributed by atoms with Gasteiger partial charge in [0.25, 0.3) is 11.8 Å². The predicted molar refractivity (Wildman–Crippen MR) is 360 cm³/mol. The SMILES string of the molecule is CC[C@H](C)[C@@H]([C@@H](CC(=O)N1CCC[C@H]1[C@H](OC)[C@@H](C)C(=O)N[C@@H](Cc1ccccc1)c1nccs1)OC)N(C)C(=O)[C@@H](NC(=O)[C@H](CO)N(C)C(=O)OCc1ccc(NC(=O)[C@H](CCC(N)=O)NC(=O)[C@H](C)NC(=O)[C@@H](CC(C)C)NC(=O)CCN2C(=O)C=CC2=O)cc1)C(C)C. The van der Waals surface area contributed by atoms with Gasteiger partial charge in [-0.2, -0.15) is 0 Å². The van der Waals surface area contributed by atoms with Crippen LogP contribution < -0.4 is 37.6 Å². The predicted octanol–water partition coefficient (Wildman–Crippen LogP) is 3.27. The molecule has 3 heterocycles. The van der Waals surface area contributed by atoms with Crippen molar-refractivity contribution in [3.8, 4) is 0 Å². The first-order chi connectivity index (χ1) is 46.0. The molecule has 1 aromatic heterocycles. The van der Waals surface area contributed by atoms with Crippen molar-refractivity contribution < 1.29 is 76.9 Å². The lowest BCUT2D eigenvalue weighted by Gasteiger charge is -2.41. The third kappa shape index (κ3) is 23.0. The summed E-state index contributed by atoms with van der Waals surface area (Å²) in [6, 6.07) is 7.96. The third-order valence-corrected chi connectivity index (χ3v) is 18.4. The lowest BCUT2D eigenvalue weighted by Crippen LogP contribution is -2.60. The van der Waals surface area contributed by atoms with Gasteiger partial charge in [0.05, 0.1) is 49.3 Å². The summed E-state index contributed by atoms with van der Waals surface area (Å²) >= 11 is 1.46. The number of hydrogen-bond donors (Lipinski definition) is 8. The zero-order chi connectivity index (χ0) is 71.8.